The van der Waals surface area contributed by atoms with E-state index in [0.717, 1.165) is 5.56 Å². The van der Waals surface area contributed by atoms with Crippen molar-refractivity contribution in [2.45, 2.75) is 13.8 Å². The van der Waals surface area contributed by atoms with Crippen LogP contribution in [0.3, 0.4) is 0 Å². The van der Waals surface area contributed by atoms with Gasteiger partial charge in [-0.15, -0.1) is 0 Å². The molecule has 0 saturated carbocycles. The Morgan fingerprint density at radius 1 is 1.20 bits per heavy atom. The Bertz CT molecular complexity index is 760. The van der Waals surface area contributed by atoms with Crippen molar-refractivity contribution in [1.82, 2.24) is 0 Å². The van der Waals surface area contributed by atoms with E-state index < -0.39 is 5.97 Å². The molecule has 2 aromatic rings. The summed E-state index contributed by atoms with van der Waals surface area (Å²) in [4.78, 5) is 10.8. The van der Waals surface area contributed by atoms with Gasteiger partial charge in [0.1, 0.15) is 0 Å². The number of carbonyl (C=O) groups is 1. The topological polar surface area (TPSA) is 80.2 Å². The highest BCUT2D eigenvalue weighted by atomic mass is 35.5. The minimum Gasteiger partial charge on any atom is -0.490 e. The number of hydrazone groups is 1. The van der Waals surface area contributed by atoms with Crippen LogP contribution in [0.4, 0.5) is 5.69 Å². The standard InChI is InChI=1S/C18H19ClN2O4/c1-3-24-16-10-12(9-15(19)17(16)25-4-2)11-20-21-14-7-5-13(6-8-14)18(22)23/h5-11,21H,3-4H2,1-2H3,(H,22,23). The fraction of sp³-hybridized carbons (Fsp3) is 0.222. The zero-order valence-electron chi connectivity index (χ0n) is 14.0. The van der Waals surface area contributed by atoms with E-state index in [2.05, 4.69) is 10.5 Å². The monoisotopic (exact) mass is 362 g/mol. The van der Waals surface area contributed by atoms with Crippen molar-refractivity contribution in [2.75, 3.05) is 18.6 Å². The Morgan fingerprint density at radius 3 is 2.48 bits per heavy atom. The molecular formula is C18H19ClN2O4. The average molecular weight is 363 g/mol. The SMILES string of the molecule is CCOc1cc(C=NNc2ccc(C(=O)O)cc2)cc(Cl)c1OCC. The van der Waals surface area contributed by atoms with Gasteiger partial charge in [-0.1, -0.05) is 11.6 Å². The number of ether oxygens (including phenoxy) is 2. The molecular weight excluding hydrogens is 344 g/mol. The van der Waals surface area contributed by atoms with E-state index in [1.165, 1.54) is 12.1 Å². The predicted octanol–water partition coefficient (Wildman–Crippen LogP) is 4.28. The maximum absolute atomic E-state index is 10.8. The third-order valence-corrected chi connectivity index (χ3v) is 3.44. The first-order valence-electron chi connectivity index (χ1n) is 7.76. The number of nitrogens with zero attached hydrogens (tertiary/aromatic N) is 1. The molecule has 0 aliphatic heterocycles. The lowest BCUT2D eigenvalue weighted by molar-refractivity contribution is 0.0697. The zero-order chi connectivity index (χ0) is 18.2. The van der Waals surface area contributed by atoms with Crippen LogP contribution in [0.25, 0.3) is 0 Å². The molecule has 2 rings (SSSR count). The molecule has 2 N–H and O–H groups in total. The summed E-state index contributed by atoms with van der Waals surface area (Å²) in [6.07, 6.45) is 1.59. The molecule has 0 radical (unpaired) electrons. The van der Waals surface area contributed by atoms with Gasteiger partial charge in [0.05, 0.1) is 35.7 Å². The minimum atomic E-state index is -0.970. The van der Waals surface area contributed by atoms with E-state index in [-0.39, 0.29) is 5.56 Å². The number of aromatic carboxylic acids is 1. The number of halogens is 1. The largest absolute Gasteiger partial charge is 0.490 e. The van der Waals surface area contributed by atoms with Gasteiger partial charge in [0.15, 0.2) is 11.5 Å². The highest BCUT2D eigenvalue weighted by Gasteiger charge is 2.11. The van der Waals surface area contributed by atoms with E-state index in [4.69, 9.17) is 26.2 Å². The quantitative estimate of drug-likeness (QED) is 0.541. The summed E-state index contributed by atoms with van der Waals surface area (Å²) in [6, 6.07) is 9.80. The van der Waals surface area contributed by atoms with Crippen molar-refractivity contribution in [3.63, 3.8) is 0 Å². The summed E-state index contributed by atoms with van der Waals surface area (Å²) >= 11 is 6.25. The molecule has 0 bridgehead atoms. The molecule has 25 heavy (non-hydrogen) atoms. The lowest BCUT2D eigenvalue weighted by Crippen LogP contribution is -2.00. The lowest BCUT2D eigenvalue weighted by Gasteiger charge is -2.13. The number of hydrogen-bond acceptors (Lipinski definition) is 5. The first-order chi connectivity index (χ1) is 12.0. The van der Waals surface area contributed by atoms with E-state index >= 15 is 0 Å². The fourth-order valence-corrected chi connectivity index (χ4v) is 2.35. The molecule has 7 heteroatoms. The summed E-state index contributed by atoms with van der Waals surface area (Å²) in [5.74, 6) is 0.104. The molecule has 0 heterocycles. The highest BCUT2D eigenvalue weighted by Crippen LogP contribution is 2.36. The molecule has 0 atom stereocenters. The summed E-state index contributed by atoms with van der Waals surface area (Å²) < 4.78 is 11.1. The molecule has 2 aromatic carbocycles. The van der Waals surface area contributed by atoms with Crippen LogP contribution in [0.15, 0.2) is 41.5 Å². The highest BCUT2D eigenvalue weighted by molar-refractivity contribution is 6.32. The molecule has 0 amide bonds. The van der Waals surface area contributed by atoms with Gasteiger partial charge in [0.2, 0.25) is 0 Å². The minimum absolute atomic E-state index is 0.217. The fourth-order valence-electron chi connectivity index (χ4n) is 2.08. The van der Waals surface area contributed by atoms with Crippen molar-refractivity contribution in [3.8, 4) is 11.5 Å². The van der Waals surface area contributed by atoms with Gasteiger partial charge >= 0.3 is 5.97 Å². The van der Waals surface area contributed by atoms with Crippen LogP contribution in [0.2, 0.25) is 5.02 Å². The average Bonchev–Trinajstić information content (AvgIpc) is 2.59. The van der Waals surface area contributed by atoms with Gasteiger partial charge in [-0.05, 0) is 55.8 Å². The Hall–Kier alpha value is -2.73. The van der Waals surface area contributed by atoms with Gasteiger partial charge in [0, 0.05) is 0 Å². The molecule has 0 aliphatic rings. The first-order valence-corrected chi connectivity index (χ1v) is 8.14. The van der Waals surface area contributed by atoms with Gasteiger partial charge in [0.25, 0.3) is 0 Å². The van der Waals surface area contributed by atoms with E-state index in [9.17, 15) is 4.79 Å². The smallest absolute Gasteiger partial charge is 0.335 e. The first kappa shape index (κ1) is 18.6. The molecule has 0 fully saturated rings. The van der Waals surface area contributed by atoms with Gasteiger partial charge in [-0.3, -0.25) is 5.43 Å². The van der Waals surface area contributed by atoms with E-state index in [1.54, 1.807) is 30.5 Å². The van der Waals surface area contributed by atoms with Crippen molar-refractivity contribution in [2.24, 2.45) is 5.10 Å². The van der Waals surface area contributed by atoms with Gasteiger partial charge < -0.3 is 14.6 Å². The van der Waals surface area contributed by atoms with E-state index in [0.29, 0.717) is 35.4 Å². The third-order valence-electron chi connectivity index (χ3n) is 3.16. The van der Waals surface area contributed by atoms with Crippen LogP contribution in [-0.4, -0.2) is 30.5 Å². The Kier molecular flexibility index (Phi) is 6.65. The van der Waals surface area contributed by atoms with Gasteiger partial charge in [-0.25, -0.2) is 4.79 Å². The molecule has 6 nitrogen and oxygen atoms in total. The van der Waals surface area contributed by atoms with Crippen molar-refractivity contribution in [3.05, 3.63) is 52.5 Å². The lowest BCUT2D eigenvalue weighted by atomic mass is 10.2. The number of carboxylic acid groups (broad SMARTS) is 1. The Morgan fingerprint density at radius 2 is 1.88 bits per heavy atom. The van der Waals surface area contributed by atoms with Crippen molar-refractivity contribution < 1.29 is 19.4 Å². The van der Waals surface area contributed by atoms with E-state index in [1.807, 2.05) is 13.8 Å². The second-order valence-corrected chi connectivity index (χ2v) is 5.36. The van der Waals surface area contributed by atoms with Crippen LogP contribution >= 0.6 is 11.6 Å². The normalized spacial score (nSPS) is 10.7. The molecule has 0 spiro atoms. The summed E-state index contributed by atoms with van der Waals surface area (Å²) in [6.45, 7) is 4.74. The van der Waals surface area contributed by atoms with Crippen molar-refractivity contribution in [1.29, 1.82) is 0 Å². The zero-order valence-corrected chi connectivity index (χ0v) is 14.7. The van der Waals surface area contributed by atoms with Gasteiger partial charge in [-0.2, -0.15) is 5.10 Å². The summed E-state index contributed by atoms with van der Waals surface area (Å²) in [5.41, 5.74) is 4.46. The summed E-state index contributed by atoms with van der Waals surface area (Å²) in [7, 11) is 0. The molecule has 0 aromatic heterocycles. The third kappa shape index (κ3) is 5.12. The number of nitrogens with one attached hydrogen (secondary N) is 1. The van der Waals surface area contributed by atoms with Crippen LogP contribution in [0.1, 0.15) is 29.8 Å². The van der Waals surface area contributed by atoms with Crippen LogP contribution in [-0.2, 0) is 0 Å². The maximum atomic E-state index is 10.8. The molecule has 0 aliphatic carbocycles. The van der Waals surface area contributed by atoms with Crippen molar-refractivity contribution >= 4 is 29.5 Å². The number of rotatable bonds is 8. The number of carboxylic acids is 1. The van der Waals surface area contributed by atoms with Crippen LogP contribution in [0, 0.1) is 0 Å². The second kappa shape index (κ2) is 8.94. The molecule has 132 valence electrons. The van der Waals surface area contributed by atoms with Crippen LogP contribution < -0.4 is 14.9 Å². The second-order valence-electron chi connectivity index (χ2n) is 4.95. The maximum Gasteiger partial charge on any atom is 0.335 e. The Balaban J connectivity index is 2.13. The number of benzene rings is 2. The molecule has 0 saturated heterocycles. The summed E-state index contributed by atoms with van der Waals surface area (Å²) in [5, 5.41) is 13.4. The van der Waals surface area contributed by atoms with Crippen LogP contribution in [0.5, 0.6) is 11.5 Å². The number of hydrogen-bond donors (Lipinski definition) is 2. The number of anilines is 1. The molecule has 0 unspecified atom stereocenters. The predicted molar refractivity (Wildman–Crippen MR) is 98.4 cm³/mol. The Labute approximate surface area is 151 Å².